The van der Waals surface area contributed by atoms with Crippen molar-refractivity contribution < 1.29 is 4.79 Å². The zero-order valence-electron chi connectivity index (χ0n) is 16.6. The Kier molecular flexibility index (Phi) is 7.64. The summed E-state index contributed by atoms with van der Waals surface area (Å²) in [6.45, 7) is 5.93. The number of para-hydroxylation sites is 1. The zero-order chi connectivity index (χ0) is 19.2. The molecule has 4 nitrogen and oxygen atoms in total. The number of fused-ring (bicyclic) bond motifs is 1. The molecule has 1 amide bonds. The molecule has 1 aliphatic rings. The van der Waals surface area contributed by atoms with Gasteiger partial charge in [-0.25, -0.2) is 0 Å². The molecule has 1 fully saturated rings. The molecule has 0 spiro atoms. The lowest BCUT2D eigenvalue weighted by Crippen LogP contribution is -2.46. The summed E-state index contributed by atoms with van der Waals surface area (Å²) in [7, 11) is 0. The number of anilines is 1. The second-order valence-electron chi connectivity index (χ2n) is 7.42. The molecule has 4 rings (SSSR count). The molecular weight excluding hydrogens is 382 g/mol. The molecule has 1 heterocycles. The van der Waals surface area contributed by atoms with Crippen LogP contribution >= 0.6 is 12.4 Å². The molecule has 1 N–H and O–H groups in total. The van der Waals surface area contributed by atoms with Crippen molar-refractivity contribution in [1.82, 2.24) is 9.80 Å². The third-order valence-electron chi connectivity index (χ3n) is 5.45. The summed E-state index contributed by atoms with van der Waals surface area (Å²) in [5.41, 5.74) is 2.26. The van der Waals surface area contributed by atoms with Crippen molar-refractivity contribution in [3.05, 3.63) is 78.4 Å². The number of hydrogen-bond acceptors (Lipinski definition) is 3. The Morgan fingerprint density at radius 1 is 0.793 bits per heavy atom. The van der Waals surface area contributed by atoms with Crippen LogP contribution in [0.15, 0.2) is 72.8 Å². The SMILES string of the molecule is Cl.O=C(CCN1CCN(Cc2cccc3ccccc23)CC1)Nc1ccccc1. The molecule has 3 aromatic carbocycles. The van der Waals surface area contributed by atoms with Crippen molar-refractivity contribution in [3.63, 3.8) is 0 Å². The van der Waals surface area contributed by atoms with E-state index in [1.165, 1.54) is 16.3 Å². The molecule has 1 saturated heterocycles. The summed E-state index contributed by atoms with van der Waals surface area (Å²) in [5, 5.41) is 5.62. The van der Waals surface area contributed by atoms with Gasteiger partial charge in [-0.3, -0.25) is 9.69 Å². The molecule has 1 aliphatic heterocycles. The first-order valence-corrected chi connectivity index (χ1v) is 10.0. The highest BCUT2D eigenvalue weighted by molar-refractivity contribution is 5.90. The molecule has 29 heavy (non-hydrogen) atoms. The number of carbonyl (C=O) groups excluding carboxylic acids is 1. The van der Waals surface area contributed by atoms with E-state index in [-0.39, 0.29) is 18.3 Å². The van der Waals surface area contributed by atoms with E-state index < -0.39 is 0 Å². The Balaban J connectivity index is 0.00000240. The third kappa shape index (κ3) is 5.80. The molecule has 0 aromatic heterocycles. The van der Waals surface area contributed by atoms with Crippen molar-refractivity contribution in [2.75, 3.05) is 38.0 Å². The minimum atomic E-state index is 0. The number of piperazine rings is 1. The Morgan fingerprint density at radius 2 is 1.45 bits per heavy atom. The lowest BCUT2D eigenvalue weighted by Gasteiger charge is -2.34. The maximum Gasteiger partial charge on any atom is 0.225 e. The second kappa shape index (κ2) is 10.4. The lowest BCUT2D eigenvalue weighted by molar-refractivity contribution is -0.116. The summed E-state index contributed by atoms with van der Waals surface area (Å²) in [4.78, 5) is 17.0. The van der Waals surface area contributed by atoms with Crippen LogP contribution in [0.25, 0.3) is 10.8 Å². The number of hydrogen-bond donors (Lipinski definition) is 1. The van der Waals surface area contributed by atoms with Crippen molar-refractivity contribution in [3.8, 4) is 0 Å². The predicted octanol–water partition coefficient (Wildman–Crippen LogP) is 4.41. The fourth-order valence-corrected chi connectivity index (χ4v) is 3.85. The molecule has 0 atom stereocenters. The van der Waals surface area contributed by atoms with Gasteiger partial charge in [-0.05, 0) is 28.5 Å². The van der Waals surface area contributed by atoms with E-state index in [4.69, 9.17) is 0 Å². The van der Waals surface area contributed by atoms with Gasteiger partial charge in [0.25, 0.3) is 0 Å². The number of carbonyl (C=O) groups is 1. The zero-order valence-corrected chi connectivity index (χ0v) is 17.4. The van der Waals surface area contributed by atoms with Gasteiger partial charge in [-0.2, -0.15) is 0 Å². The van der Waals surface area contributed by atoms with Crippen LogP contribution in [0.1, 0.15) is 12.0 Å². The number of rotatable bonds is 6. The first kappa shape index (κ1) is 21.3. The molecule has 152 valence electrons. The van der Waals surface area contributed by atoms with Crippen LogP contribution < -0.4 is 5.32 Å². The van der Waals surface area contributed by atoms with Gasteiger partial charge >= 0.3 is 0 Å². The Labute approximate surface area is 178 Å². The highest BCUT2D eigenvalue weighted by Crippen LogP contribution is 2.20. The van der Waals surface area contributed by atoms with Gasteiger partial charge in [0.15, 0.2) is 0 Å². The number of benzene rings is 3. The molecule has 0 saturated carbocycles. The average Bonchev–Trinajstić information content (AvgIpc) is 2.74. The molecule has 3 aromatic rings. The van der Waals surface area contributed by atoms with Gasteiger partial charge in [0.2, 0.25) is 5.91 Å². The van der Waals surface area contributed by atoms with Gasteiger partial charge in [-0.1, -0.05) is 60.7 Å². The molecule has 0 radical (unpaired) electrons. The van der Waals surface area contributed by atoms with Crippen LogP contribution in [0.2, 0.25) is 0 Å². The molecule has 0 aliphatic carbocycles. The van der Waals surface area contributed by atoms with Crippen LogP contribution in [-0.4, -0.2) is 48.4 Å². The quantitative estimate of drug-likeness (QED) is 0.655. The third-order valence-corrected chi connectivity index (χ3v) is 5.45. The Morgan fingerprint density at radius 3 is 2.24 bits per heavy atom. The van der Waals surface area contributed by atoms with Crippen molar-refractivity contribution >= 4 is 34.8 Å². The van der Waals surface area contributed by atoms with Gasteiger partial charge in [-0.15, -0.1) is 12.4 Å². The normalized spacial score (nSPS) is 15.0. The smallest absolute Gasteiger partial charge is 0.225 e. The van der Waals surface area contributed by atoms with E-state index in [2.05, 4.69) is 57.6 Å². The van der Waals surface area contributed by atoms with E-state index in [1.807, 2.05) is 30.3 Å². The van der Waals surface area contributed by atoms with Gasteiger partial charge < -0.3 is 10.2 Å². The largest absolute Gasteiger partial charge is 0.326 e. The van der Waals surface area contributed by atoms with Crippen molar-refractivity contribution in [2.24, 2.45) is 0 Å². The fourth-order valence-electron chi connectivity index (χ4n) is 3.85. The van der Waals surface area contributed by atoms with Crippen LogP contribution in [-0.2, 0) is 11.3 Å². The van der Waals surface area contributed by atoms with E-state index in [1.54, 1.807) is 0 Å². The van der Waals surface area contributed by atoms with E-state index in [0.717, 1.165) is 45.0 Å². The van der Waals surface area contributed by atoms with E-state index >= 15 is 0 Å². The topological polar surface area (TPSA) is 35.6 Å². The predicted molar refractivity (Wildman–Crippen MR) is 123 cm³/mol. The maximum atomic E-state index is 12.1. The molecular formula is C24H28ClN3O. The Bertz CT molecular complexity index is 918. The average molecular weight is 410 g/mol. The summed E-state index contributed by atoms with van der Waals surface area (Å²) in [6, 6.07) is 24.8. The summed E-state index contributed by atoms with van der Waals surface area (Å²) < 4.78 is 0. The summed E-state index contributed by atoms with van der Waals surface area (Å²) in [6.07, 6.45) is 0.540. The maximum absolute atomic E-state index is 12.1. The molecule has 5 heteroatoms. The summed E-state index contributed by atoms with van der Waals surface area (Å²) in [5.74, 6) is 0.0874. The van der Waals surface area contributed by atoms with Crippen molar-refractivity contribution in [1.29, 1.82) is 0 Å². The molecule has 0 bridgehead atoms. The highest BCUT2D eigenvalue weighted by Gasteiger charge is 2.18. The number of nitrogens with zero attached hydrogens (tertiary/aromatic N) is 2. The van der Waals surface area contributed by atoms with Crippen LogP contribution in [0.5, 0.6) is 0 Å². The Hall–Kier alpha value is -2.40. The minimum absolute atomic E-state index is 0. The summed E-state index contributed by atoms with van der Waals surface area (Å²) >= 11 is 0. The van der Waals surface area contributed by atoms with Crippen LogP contribution in [0, 0.1) is 0 Å². The van der Waals surface area contributed by atoms with Gasteiger partial charge in [0.1, 0.15) is 0 Å². The fraction of sp³-hybridized carbons (Fsp3) is 0.292. The van der Waals surface area contributed by atoms with Crippen LogP contribution in [0.4, 0.5) is 5.69 Å². The number of halogens is 1. The second-order valence-corrected chi connectivity index (χ2v) is 7.42. The van der Waals surface area contributed by atoms with E-state index in [9.17, 15) is 4.79 Å². The van der Waals surface area contributed by atoms with Crippen LogP contribution in [0.3, 0.4) is 0 Å². The number of nitrogens with one attached hydrogen (secondary N) is 1. The van der Waals surface area contributed by atoms with E-state index in [0.29, 0.717) is 6.42 Å². The number of amides is 1. The monoisotopic (exact) mass is 409 g/mol. The van der Waals surface area contributed by atoms with Gasteiger partial charge in [0.05, 0.1) is 0 Å². The highest BCUT2D eigenvalue weighted by atomic mass is 35.5. The lowest BCUT2D eigenvalue weighted by atomic mass is 10.0. The first-order valence-electron chi connectivity index (χ1n) is 10.0. The first-order chi connectivity index (χ1) is 13.8. The minimum Gasteiger partial charge on any atom is -0.326 e. The molecule has 0 unspecified atom stereocenters. The van der Waals surface area contributed by atoms with Crippen molar-refractivity contribution in [2.45, 2.75) is 13.0 Å². The standard InChI is InChI=1S/C24H27N3O.ClH/c28-24(25-22-10-2-1-3-11-22)13-14-26-15-17-27(18-16-26)19-21-9-6-8-20-7-4-5-12-23(20)21;/h1-12H,13-19H2,(H,25,28);1H. The van der Waals surface area contributed by atoms with Gasteiger partial charge in [0, 0.05) is 51.4 Å².